The number of amides is 1. The Labute approximate surface area is 162 Å². The van der Waals surface area contributed by atoms with Crippen molar-refractivity contribution in [3.05, 3.63) is 0 Å². The molecule has 1 N–H and O–H groups in total. The smallest absolute Gasteiger partial charge is 0.408 e. The van der Waals surface area contributed by atoms with Gasteiger partial charge in [0.2, 0.25) is 8.32 Å². The van der Waals surface area contributed by atoms with Crippen LogP contribution in [-0.2, 0) is 9.16 Å². The first kappa shape index (κ1) is 23.5. The highest BCUT2D eigenvalue weighted by Gasteiger charge is 2.47. The van der Waals surface area contributed by atoms with Crippen molar-refractivity contribution in [1.82, 2.24) is 5.32 Å². The molecule has 26 heavy (non-hydrogen) atoms. The third-order valence-electron chi connectivity index (χ3n) is 5.92. The predicted molar refractivity (Wildman–Crippen MR) is 112 cm³/mol. The zero-order valence-corrected chi connectivity index (χ0v) is 19.9. The summed E-state index contributed by atoms with van der Waals surface area (Å²) in [6.07, 6.45) is 3.91. The van der Waals surface area contributed by atoms with Gasteiger partial charge in [-0.05, 0) is 70.0 Å². The standard InChI is InChI=1S/C21H43NO3Si/c1-15(2)26(16(3)4,17(5)6)25-18-11-13-21(10,14-12-18)22-19(23)24-20(7,8)9/h15-18H,11-14H2,1-10H3,(H,22,23). The number of hydrogen-bond acceptors (Lipinski definition) is 3. The molecule has 0 saturated heterocycles. The van der Waals surface area contributed by atoms with Gasteiger partial charge >= 0.3 is 6.09 Å². The Hall–Kier alpha value is -0.553. The topological polar surface area (TPSA) is 47.6 Å². The minimum atomic E-state index is -1.84. The Balaban J connectivity index is 2.71. The fourth-order valence-electron chi connectivity index (χ4n) is 4.72. The summed E-state index contributed by atoms with van der Waals surface area (Å²) < 4.78 is 12.4. The second-order valence-corrected chi connectivity index (χ2v) is 15.7. The van der Waals surface area contributed by atoms with Crippen LogP contribution in [0.2, 0.25) is 16.6 Å². The van der Waals surface area contributed by atoms with Crippen molar-refractivity contribution in [2.45, 2.75) is 129 Å². The molecule has 0 aromatic heterocycles. The van der Waals surface area contributed by atoms with Crippen molar-refractivity contribution in [1.29, 1.82) is 0 Å². The molecule has 4 nitrogen and oxygen atoms in total. The SMILES string of the molecule is CC(C)[Si](OC1CCC(C)(NC(=O)OC(C)(C)C)CC1)(C(C)C)C(C)C. The van der Waals surface area contributed by atoms with Gasteiger partial charge in [0.05, 0.1) is 0 Å². The Morgan fingerprint density at radius 2 is 1.42 bits per heavy atom. The number of nitrogens with one attached hydrogen (secondary N) is 1. The van der Waals surface area contributed by atoms with Gasteiger partial charge < -0.3 is 14.5 Å². The molecule has 1 aliphatic carbocycles. The molecule has 0 bridgehead atoms. The summed E-state index contributed by atoms with van der Waals surface area (Å²) in [5, 5.41) is 3.10. The van der Waals surface area contributed by atoms with Crippen molar-refractivity contribution < 1.29 is 14.0 Å². The highest BCUT2D eigenvalue weighted by atomic mass is 28.4. The molecule has 1 fully saturated rings. The molecule has 0 heterocycles. The van der Waals surface area contributed by atoms with Gasteiger partial charge in [0.15, 0.2) is 0 Å². The van der Waals surface area contributed by atoms with E-state index in [0.717, 1.165) is 25.7 Å². The zero-order chi connectivity index (χ0) is 20.3. The van der Waals surface area contributed by atoms with Crippen molar-refractivity contribution in [2.75, 3.05) is 0 Å². The predicted octanol–water partition coefficient (Wildman–Crippen LogP) is 6.40. The zero-order valence-electron chi connectivity index (χ0n) is 18.9. The summed E-state index contributed by atoms with van der Waals surface area (Å²) in [7, 11) is -1.84. The van der Waals surface area contributed by atoms with Gasteiger partial charge in [-0.15, -0.1) is 0 Å². The lowest BCUT2D eigenvalue weighted by atomic mass is 9.82. The number of carbonyl (C=O) groups is 1. The fourth-order valence-corrected chi connectivity index (χ4v) is 10.3. The number of rotatable bonds is 6. The lowest BCUT2D eigenvalue weighted by Gasteiger charge is -2.47. The molecule has 1 aliphatic rings. The van der Waals surface area contributed by atoms with Crippen LogP contribution in [0.3, 0.4) is 0 Å². The maximum Gasteiger partial charge on any atom is 0.408 e. The van der Waals surface area contributed by atoms with Crippen LogP contribution >= 0.6 is 0 Å². The van der Waals surface area contributed by atoms with Crippen LogP contribution in [0, 0.1) is 0 Å². The van der Waals surface area contributed by atoms with Crippen LogP contribution in [-0.4, -0.2) is 31.7 Å². The number of hydrogen-bond donors (Lipinski definition) is 1. The van der Waals surface area contributed by atoms with Crippen LogP contribution in [0.15, 0.2) is 0 Å². The summed E-state index contributed by atoms with van der Waals surface area (Å²) in [6.45, 7) is 21.8. The van der Waals surface area contributed by atoms with E-state index in [-0.39, 0.29) is 11.6 Å². The Kier molecular flexibility index (Phi) is 7.80. The van der Waals surface area contributed by atoms with Crippen LogP contribution in [0.25, 0.3) is 0 Å². The van der Waals surface area contributed by atoms with Crippen LogP contribution in [0.1, 0.15) is 94.9 Å². The van der Waals surface area contributed by atoms with Crippen molar-refractivity contribution in [3.63, 3.8) is 0 Å². The van der Waals surface area contributed by atoms with E-state index in [1.807, 2.05) is 20.8 Å². The molecule has 5 heteroatoms. The van der Waals surface area contributed by atoms with E-state index in [1.165, 1.54) is 0 Å². The highest BCUT2D eigenvalue weighted by molar-refractivity contribution is 6.77. The van der Waals surface area contributed by atoms with Crippen molar-refractivity contribution in [2.24, 2.45) is 0 Å². The molecule has 0 unspecified atom stereocenters. The number of carbonyl (C=O) groups excluding carboxylic acids is 1. The first-order valence-corrected chi connectivity index (χ1v) is 12.5. The molecule has 0 spiro atoms. The van der Waals surface area contributed by atoms with Gasteiger partial charge in [-0.1, -0.05) is 41.5 Å². The van der Waals surface area contributed by atoms with E-state index < -0.39 is 13.9 Å². The van der Waals surface area contributed by atoms with E-state index in [9.17, 15) is 4.79 Å². The number of ether oxygens (including phenoxy) is 1. The first-order chi connectivity index (χ1) is 11.7. The minimum absolute atomic E-state index is 0.195. The minimum Gasteiger partial charge on any atom is -0.444 e. The largest absolute Gasteiger partial charge is 0.444 e. The molecular weight excluding hydrogens is 342 g/mol. The summed E-state index contributed by atoms with van der Waals surface area (Å²) in [6, 6.07) is 0. The molecule has 1 saturated carbocycles. The maximum atomic E-state index is 12.2. The monoisotopic (exact) mass is 385 g/mol. The molecule has 0 aliphatic heterocycles. The summed E-state index contributed by atoms with van der Waals surface area (Å²) in [5.41, 5.74) is 1.17. The third-order valence-corrected chi connectivity index (χ3v) is 12.1. The summed E-state index contributed by atoms with van der Waals surface area (Å²) in [4.78, 5) is 12.2. The van der Waals surface area contributed by atoms with Gasteiger partial charge in [0.25, 0.3) is 0 Å². The average molecular weight is 386 g/mol. The normalized spacial score (nSPS) is 25.0. The van der Waals surface area contributed by atoms with Gasteiger partial charge in [0, 0.05) is 11.6 Å². The van der Waals surface area contributed by atoms with Gasteiger partial charge in [0.1, 0.15) is 5.60 Å². The quantitative estimate of drug-likeness (QED) is 0.538. The Bertz CT molecular complexity index is 439. The molecule has 0 atom stereocenters. The van der Waals surface area contributed by atoms with E-state index >= 15 is 0 Å². The molecule has 0 aromatic rings. The maximum absolute atomic E-state index is 12.2. The number of alkyl carbamates (subject to hydrolysis) is 1. The lowest BCUT2D eigenvalue weighted by Crippen LogP contribution is -2.54. The Morgan fingerprint density at radius 1 is 1.00 bits per heavy atom. The van der Waals surface area contributed by atoms with Crippen LogP contribution in [0.5, 0.6) is 0 Å². The van der Waals surface area contributed by atoms with E-state index in [0.29, 0.717) is 22.7 Å². The molecular formula is C21H43NO3Si. The highest BCUT2D eigenvalue weighted by Crippen LogP contribution is 2.45. The van der Waals surface area contributed by atoms with E-state index in [4.69, 9.17) is 9.16 Å². The summed E-state index contributed by atoms with van der Waals surface area (Å²) in [5.74, 6) is 0. The fraction of sp³-hybridized carbons (Fsp3) is 0.952. The van der Waals surface area contributed by atoms with Gasteiger partial charge in [-0.2, -0.15) is 0 Å². The van der Waals surface area contributed by atoms with Gasteiger partial charge in [-0.25, -0.2) is 4.79 Å². The van der Waals surface area contributed by atoms with Crippen molar-refractivity contribution in [3.8, 4) is 0 Å². The molecule has 0 radical (unpaired) electrons. The molecule has 0 aromatic carbocycles. The van der Waals surface area contributed by atoms with Gasteiger partial charge in [-0.3, -0.25) is 0 Å². The first-order valence-electron chi connectivity index (χ1n) is 10.4. The average Bonchev–Trinajstić information content (AvgIpc) is 2.43. The second-order valence-electron chi connectivity index (χ2n) is 10.3. The molecule has 1 rings (SSSR count). The molecule has 1 amide bonds. The molecule has 154 valence electrons. The van der Waals surface area contributed by atoms with E-state index in [1.54, 1.807) is 0 Å². The third kappa shape index (κ3) is 5.98. The summed E-state index contributed by atoms with van der Waals surface area (Å²) >= 11 is 0. The van der Waals surface area contributed by atoms with Crippen LogP contribution < -0.4 is 5.32 Å². The van der Waals surface area contributed by atoms with E-state index in [2.05, 4.69) is 53.8 Å². The van der Waals surface area contributed by atoms with Crippen LogP contribution in [0.4, 0.5) is 4.79 Å². The second kappa shape index (κ2) is 8.64. The van der Waals surface area contributed by atoms with Crippen molar-refractivity contribution >= 4 is 14.4 Å². The Morgan fingerprint density at radius 3 is 1.77 bits per heavy atom. The lowest BCUT2D eigenvalue weighted by molar-refractivity contribution is 0.0373.